The van der Waals surface area contributed by atoms with Crippen molar-refractivity contribution in [1.29, 1.82) is 0 Å². The van der Waals surface area contributed by atoms with Crippen molar-refractivity contribution < 1.29 is 19.0 Å². The molecule has 21 heavy (non-hydrogen) atoms. The molecule has 0 saturated heterocycles. The van der Waals surface area contributed by atoms with Gasteiger partial charge in [-0.15, -0.1) is 0 Å². The van der Waals surface area contributed by atoms with Crippen LogP contribution in [0.5, 0.6) is 5.75 Å². The van der Waals surface area contributed by atoms with Gasteiger partial charge < -0.3 is 15.2 Å². The first-order valence-electron chi connectivity index (χ1n) is 6.52. The second-order valence-corrected chi connectivity index (χ2v) is 4.94. The number of hydrogen-bond acceptors (Lipinski definition) is 3. The first-order chi connectivity index (χ1) is 10.1. The van der Waals surface area contributed by atoms with Crippen LogP contribution in [0, 0.1) is 5.82 Å². The molecule has 0 aliphatic carbocycles. The molecule has 1 unspecified atom stereocenters. The lowest BCUT2D eigenvalue weighted by Crippen LogP contribution is -2.04. The third-order valence-corrected chi connectivity index (χ3v) is 3.53. The molecule has 108 valence electrons. The molecule has 1 amide bonds. The van der Waals surface area contributed by atoms with Gasteiger partial charge in [-0.3, -0.25) is 4.79 Å². The normalized spacial score (nSPS) is 14.5. The lowest BCUT2D eigenvalue weighted by atomic mass is 9.98. The lowest BCUT2D eigenvalue weighted by Gasteiger charge is -2.14. The molecule has 0 bridgehead atoms. The Balaban J connectivity index is 1.98. The van der Waals surface area contributed by atoms with Gasteiger partial charge in [0, 0.05) is 0 Å². The van der Waals surface area contributed by atoms with Crippen molar-refractivity contribution in [3.8, 4) is 5.75 Å². The predicted octanol–water partition coefficient (Wildman–Crippen LogP) is 2.41. The minimum atomic E-state index is -0.976. The fraction of sp³-hybridized carbons (Fsp3) is 0.188. The summed E-state index contributed by atoms with van der Waals surface area (Å²) >= 11 is 0. The first kappa shape index (κ1) is 13.6. The van der Waals surface area contributed by atoms with Crippen LogP contribution < -0.4 is 10.1 Å². The number of rotatable bonds is 3. The molecule has 1 aliphatic rings. The predicted molar refractivity (Wildman–Crippen MR) is 75.8 cm³/mol. The van der Waals surface area contributed by atoms with E-state index >= 15 is 0 Å². The van der Waals surface area contributed by atoms with Crippen LogP contribution in [0.2, 0.25) is 0 Å². The maximum atomic E-state index is 14.0. The Morgan fingerprint density at radius 3 is 2.86 bits per heavy atom. The molecule has 4 nitrogen and oxygen atoms in total. The van der Waals surface area contributed by atoms with Crippen molar-refractivity contribution in [1.82, 2.24) is 0 Å². The first-order valence-corrected chi connectivity index (χ1v) is 6.52. The summed E-state index contributed by atoms with van der Waals surface area (Å²) < 4.78 is 19.1. The Morgan fingerprint density at radius 1 is 1.29 bits per heavy atom. The summed E-state index contributed by atoms with van der Waals surface area (Å²) in [6.07, 6.45) is -0.846. The number of nitrogens with one attached hydrogen (secondary N) is 1. The molecule has 1 aliphatic heterocycles. The van der Waals surface area contributed by atoms with Gasteiger partial charge in [-0.05, 0) is 34.9 Å². The van der Waals surface area contributed by atoms with E-state index in [1.54, 1.807) is 30.3 Å². The summed E-state index contributed by atoms with van der Waals surface area (Å²) in [5, 5.41) is 12.9. The van der Waals surface area contributed by atoms with Crippen molar-refractivity contribution in [2.45, 2.75) is 12.5 Å². The van der Waals surface area contributed by atoms with Crippen molar-refractivity contribution in [3.05, 3.63) is 58.9 Å². The van der Waals surface area contributed by atoms with E-state index in [9.17, 15) is 14.3 Å². The van der Waals surface area contributed by atoms with Crippen molar-refractivity contribution in [2.75, 3.05) is 12.4 Å². The summed E-state index contributed by atoms with van der Waals surface area (Å²) in [4.78, 5) is 11.3. The molecule has 2 aromatic rings. The molecule has 0 radical (unpaired) electrons. The number of aliphatic hydroxyl groups is 1. The molecule has 0 spiro atoms. The molecule has 1 heterocycles. The highest BCUT2D eigenvalue weighted by Crippen LogP contribution is 2.32. The van der Waals surface area contributed by atoms with Gasteiger partial charge in [0.05, 0.1) is 19.2 Å². The number of carbonyl (C=O) groups excluding carboxylic acids is 1. The molecular weight excluding hydrogens is 273 g/mol. The monoisotopic (exact) mass is 287 g/mol. The molecule has 0 saturated carbocycles. The number of methoxy groups -OCH3 is 1. The Hall–Kier alpha value is -2.40. The van der Waals surface area contributed by atoms with Gasteiger partial charge >= 0.3 is 0 Å². The van der Waals surface area contributed by atoms with Crippen LogP contribution in [0.25, 0.3) is 0 Å². The number of anilines is 1. The minimum absolute atomic E-state index is 0.130. The fourth-order valence-electron chi connectivity index (χ4n) is 2.48. The van der Waals surface area contributed by atoms with Gasteiger partial charge in [-0.25, -0.2) is 4.39 Å². The molecule has 2 aromatic carbocycles. The van der Waals surface area contributed by atoms with Crippen LogP contribution in [0.3, 0.4) is 0 Å². The van der Waals surface area contributed by atoms with Crippen LogP contribution in [0.15, 0.2) is 36.4 Å². The van der Waals surface area contributed by atoms with E-state index in [-0.39, 0.29) is 18.0 Å². The zero-order chi connectivity index (χ0) is 15.0. The van der Waals surface area contributed by atoms with Crippen LogP contribution >= 0.6 is 0 Å². The second-order valence-electron chi connectivity index (χ2n) is 4.94. The van der Waals surface area contributed by atoms with Gasteiger partial charge in [-0.2, -0.15) is 0 Å². The standard InChI is InChI=1S/C16H14FNO3/c1-21-12-4-2-3-9(6-12)16(20)11-5-10-8-14(19)18-15(10)13(17)7-11/h2-7,16,20H,8H2,1H3,(H,18,19). The molecule has 0 fully saturated rings. The third-order valence-electron chi connectivity index (χ3n) is 3.53. The summed E-state index contributed by atoms with van der Waals surface area (Å²) in [7, 11) is 1.54. The van der Waals surface area contributed by atoms with Gasteiger partial charge in [0.15, 0.2) is 0 Å². The zero-order valence-electron chi connectivity index (χ0n) is 11.4. The van der Waals surface area contributed by atoms with E-state index in [0.29, 0.717) is 22.4 Å². The summed E-state index contributed by atoms with van der Waals surface area (Å²) in [5.74, 6) is -0.155. The van der Waals surface area contributed by atoms with Crippen molar-refractivity contribution in [3.63, 3.8) is 0 Å². The van der Waals surface area contributed by atoms with Gasteiger partial charge in [-0.1, -0.05) is 18.2 Å². The maximum absolute atomic E-state index is 14.0. The smallest absolute Gasteiger partial charge is 0.228 e. The Morgan fingerprint density at radius 2 is 2.10 bits per heavy atom. The summed E-state index contributed by atoms with van der Waals surface area (Å²) in [6, 6.07) is 9.85. The van der Waals surface area contributed by atoms with Crippen LogP contribution in [-0.2, 0) is 11.2 Å². The van der Waals surface area contributed by atoms with E-state index in [0.717, 1.165) is 0 Å². The van der Waals surface area contributed by atoms with E-state index in [1.165, 1.54) is 13.2 Å². The largest absolute Gasteiger partial charge is 0.497 e. The summed E-state index contributed by atoms with van der Waals surface area (Å²) in [6.45, 7) is 0. The Labute approximate surface area is 121 Å². The fourth-order valence-corrected chi connectivity index (χ4v) is 2.48. The quantitative estimate of drug-likeness (QED) is 0.911. The van der Waals surface area contributed by atoms with E-state index in [2.05, 4.69) is 5.32 Å². The Kier molecular flexibility index (Phi) is 3.35. The average molecular weight is 287 g/mol. The lowest BCUT2D eigenvalue weighted by molar-refractivity contribution is -0.115. The number of carbonyl (C=O) groups is 1. The van der Waals surface area contributed by atoms with Gasteiger partial charge in [0.2, 0.25) is 5.91 Å². The number of aliphatic hydroxyl groups excluding tert-OH is 1. The highest BCUT2D eigenvalue weighted by atomic mass is 19.1. The molecule has 0 aromatic heterocycles. The molecule has 5 heteroatoms. The molecule has 3 rings (SSSR count). The molecular formula is C16H14FNO3. The van der Waals surface area contributed by atoms with E-state index in [1.807, 2.05) is 0 Å². The topological polar surface area (TPSA) is 58.6 Å². The van der Waals surface area contributed by atoms with Crippen molar-refractivity contribution in [2.24, 2.45) is 0 Å². The van der Waals surface area contributed by atoms with Crippen LogP contribution in [0.4, 0.5) is 10.1 Å². The highest BCUT2D eigenvalue weighted by molar-refractivity contribution is 5.99. The van der Waals surface area contributed by atoms with Crippen LogP contribution in [-0.4, -0.2) is 18.1 Å². The number of amides is 1. The molecule has 1 atom stereocenters. The second kappa shape index (κ2) is 5.18. The number of halogens is 1. The number of fused-ring (bicyclic) bond motifs is 1. The number of ether oxygens (including phenoxy) is 1. The third kappa shape index (κ3) is 2.48. The SMILES string of the molecule is COc1cccc(C(O)c2cc(F)c3c(c2)CC(=O)N3)c1. The highest BCUT2D eigenvalue weighted by Gasteiger charge is 2.24. The van der Waals surface area contributed by atoms with Crippen LogP contribution in [0.1, 0.15) is 22.8 Å². The Bertz CT molecular complexity index is 715. The van der Waals surface area contributed by atoms with Gasteiger partial charge in [0.1, 0.15) is 17.7 Å². The van der Waals surface area contributed by atoms with Gasteiger partial charge in [0.25, 0.3) is 0 Å². The average Bonchev–Trinajstić information content (AvgIpc) is 2.87. The minimum Gasteiger partial charge on any atom is -0.497 e. The number of hydrogen-bond donors (Lipinski definition) is 2. The summed E-state index contributed by atoms with van der Waals surface area (Å²) in [5.41, 5.74) is 1.79. The number of benzene rings is 2. The molecule has 2 N–H and O–H groups in total. The zero-order valence-corrected chi connectivity index (χ0v) is 11.4. The van der Waals surface area contributed by atoms with E-state index < -0.39 is 11.9 Å². The maximum Gasteiger partial charge on any atom is 0.228 e. The van der Waals surface area contributed by atoms with Crippen molar-refractivity contribution >= 4 is 11.6 Å². The van der Waals surface area contributed by atoms with E-state index in [4.69, 9.17) is 4.74 Å².